The number of hydrogen-bond donors (Lipinski definition) is 1. The Hall–Kier alpha value is -2.11. The molecule has 1 N–H and O–H groups in total. The number of nitrogens with one attached hydrogen (secondary N) is 1. The molecule has 136 valence electrons. The maximum absolute atomic E-state index is 12.0. The number of carbonyl (C=O) groups is 1. The molecular formula is C21H23NO3S. The molecule has 2 fully saturated rings. The molecule has 4 nitrogen and oxygen atoms in total. The largest absolute Gasteiger partial charge is 0.465 e. The molecule has 0 spiro atoms. The molecule has 0 amide bonds. The summed E-state index contributed by atoms with van der Waals surface area (Å²) in [7, 11) is 1.41. The normalized spacial score (nSPS) is 16.7. The van der Waals surface area contributed by atoms with Gasteiger partial charge >= 0.3 is 5.97 Å². The summed E-state index contributed by atoms with van der Waals surface area (Å²) in [6.45, 7) is 2.36. The summed E-state index contributed by atoms with van der Waals surface area (Å²) in [5.41, 5.74) is 8.67. The van der Waals surface area contributed by atoms with E-state index in [2.05, 4.69) is 23.7 Å². The van der Waals surface area contributed by atoms with Crippen molar-refractivity contribution in [2.75, 3.05) is 7.11 Å². The van der Waals surface area contributed by atoms with Crippen LogP contribution in [0.5, 0.6) is 0 Å². The predicted octanol–water partition coefficient (Wildman–Crippen LogP) is 4.96. The Morgan fingerprint density at radius 2 is 2.15 bits per heavy atom. The number of fused-ring (bicyclic) bond motifs is 1. The van der Waals surface area contributed by atoms with E-state index in [1.165, 1.54) is 44.1 Å². The van der Waals surface area contributed by atoms with Crippen molar-refractivity contribution in [3.05, 3.63) is 52.1 Å². The third-order valence-corrected chi connectivity index (χ3v) is 5.87. The molecule has 0 bridgehead atoms. The fraction of sp³-hybridized carbons (Fsp3) is 0.381. The molecule has 0 saturated heterocycles. The van der Waals surface area contributed by atoms with Gasteiger partial charge in [-0.25, -0.2) is 4.79 Å². The Kier molecular flexibility index (Phi) is 4.83. The summed E-state index contributed by atoms with van der Waals surface area (Å²) in [5, 5.41) is 3.08. The van der Waals surface area contributed by atoms with Gasteiger partial charge in [0.1, 0.15) is 0 Å². The number of hydrogen-bond acceptors (Lipinski definition) is 5. The van der Waals surface area contributed by atoms with E-state index in [-0.39, 0.29) is 5.97 Å². The van der Waals surface area contributed by atoms with E-state index >= 15 is 0 Å². The van der Waals surface area contributed by atoms with Gasteiger partial charge in [-0.2, -0.15) is 0 Å². The Morgan fingerprint density at radius 1 is 1.35 bits per heavy atom. The molecule has 0 aliphatic heterocycles. The fourth-order valence-corrected chi connectivity index (χ4v) is 4.15. The van der Waals surface area contributed by atoms with Crippen molar-refractivity contribution in [3.8, 4) is 0 Å². The summed E-state index contributed by atoms with van der Waals surface area (Å²) < 4.78 is 6.06. The number of esters is 1. The molecule has 5 heteroatoms. The van der Waals surface area contributed by atoms with Crippen LogP contribution in [0.2, 0.25) is 0 Å². The number of thiophene rings is 1. The highest BCUT2D eigenvalue weighted by Crippen LogP contribution is 2.43. The van der Waals surface area contributed by atoms with Crippen molar-refractivity contribution < 1.29 is 14.4 Å². The second kappa shape index (κ2) is 7.25. The van der Waals surface area contributed by atoms with Crippen molar-refractivity contribution in [3.63, 3.8) is 0 Å². The van der Waals surface area contributed by atoms with E-state index in [4.69, 9.17) is 9.57 Å². The molecule has 26 heavy (non-hydrogen) atoms. The second-order valence-corrected chi connectivity index (χ2v) is 7.77. The van der Waals surface area contributed by atoms with Crippen LogP contribution in [-0.4, -0.2) is 13.1 Å². The van der Waals surface area contributed by atoms with Gasteiger partial charge in [-0.15, -0.1) is 11.3 Å². The van der Waals surface area contributed by atoms with Gasteiger partial charge in [-0.05, 0) is 55.9 Å². The number of carbonyl (C=O) groups excluding carboxylic acids is 1. The summed E-state index contributed by atoms with van der Waals surface area (Å²) in [6, 6.07) is 6.28. The first-order valence-electron chi connectivity index (χ1n) is 9.06. The van der Waals surface area contributed by atoms with Crippen molar-refractivity contribution in [2.45, 2.75) is 39.2 Å². The van der Waals surface area contributed by atoms with E-state index in [1.807, 2.05) is 18.4 Å². The number of ether oxygens (including phenoxy) is 1. The molecule has 1 aromatic heterocycles. The average Bonchev–Trinajstić information content (AvgIpc) is 3.58. The quantitative estimate of drug-likeness (QED) is 0.426. The van der Waals surface area contributed by atoms with Gasteiger partial charge in [0.25, 0.3) is 0 Å². The first kappa shape index (κ1) is 17.3. The third-order valence-electron chi connectivity index (χ3n) is 4.91. The Bertz CT molecular complexity index is 899. The summed E-state index contributed by atoms with van der Waals surface area (Å²) in [4.78, 5) is 17.8. The second-order valence-electron chi connectivity index (χ2n) is 6.86. The number of allylic oxidation sites excluding steroid dienone is 3. The number of hydroxylamine groups is 1. The SMILES string of the molecule is CC=C(C(=O)OC)c1csc2ccc(CONC(=C3CC3)C3CC3)cc12. The van der Waals surface area contributed by atoms with Crippen molar-refractivity contribution in [1.29, 1.82) is 0 Å². The zero-order valence-electron chi connectivity index (χ0n) is 15.1. The van der Waals surface area contributed by atoms with Gasteiger partial charge in [0.2, 0.25) is 0 Å². The lowest BCUT2D eigenvalue weighted by molar-refractivity contribution is -0.133. The summed E-state index contributed by atoms with van der Waals surface area (Å²) in [5.74, 6) is 0.386. The van der Waals surface area contributed by atoms with E-state index in [9.17, 15) is 4.79 Å². The standard InChI is InChI=1S/C21H23NO3S/c1-3-16(21(23)24-2)18-12-26-19-9-4-13(10-17(18)19)11-25-22-20(14-5-6-14)15-7-8-15/h3-4,9-10,12,14,22H,5-8,11H2,1-2H3. The third kappa shape index (κ3) is 3.55. The van der Waals surface area contributed by atoms with Crippen LogP contribution in [0.3, 0.4) is 0 Å². The Balaban J connectivity index is 1.50. The van der Waals surface area contributed by atoms with Crippen LogP contribution < -0.4 is 5.48 Å². The Labute approximate surface area is 157 Å². The van der Waals surface area contributed by atoms with E-state index in [0.29, 0.717) is 18.1 Å². The fourth-order valence-electron chi connectivity index (χ4n) is 3.21. The van der Waals surface area contributed by atoms with Crippen molar-refractivity contribution >= 4 is 33.0 Å². The zero-order valence-corrected chi connectivity index (χ0v) is 15.9. The molecule has 2 saturated carbocycles. The van der Waals surface area contributed by atoms with Gasteiger partial charge in [-0.1, -0.05) is 12.1 Å². The van der Waals surface area contributed by atoms with E-state index < -0.39 is 0 Å². The first-order valence-corrected chi connectivity index (χ1v) is 9.94. The lowest BCUT2D eigenvalue weighted by Crippen LogP contribution is -2.15. The summed E-state index contributed by atoms with van der Waals surface area (Å²) >= 11 is 1.63. The topological polar surface area (TPSA) is 47.6 Å². The van der Waals surface area contributed by atoms with Crippen LogP contribution in [0.4, 0.5) is 0 Å². The molecule has 0 atom stereocenters. The highest BCUT2D eigenvalue weighted by molar-refractivity contribution is 7.17. The zero-order chi connectivity index (χ0) is 18.1. The van der Waals surface area contributed by atoms with Gasteiger partial charge in [-0.3, -0.25) is 10.3 Å². The summed E-state index contributed by atoms with van der Waals surface area (Å²) in [6.07, 6.45) is 6.79. The molecule has 0 unspecified atom stereocenters. The highest BCUT2D eigenvalue weighted by atomic mass is 32.1. The van der Waals surface area contributed by atoms with Crippen LogP contribution in [0.25, 0.3) is 15.7 Å². The maximum atomic E-state index is 12.0. The molecule has 2 aromatic rings. The van der Waals surface area contributed by atoms with Crippen molar-refractivity contribution in [2.24, 2.45) is 5.92 Å². The van der Waals surface area contributed by atoms with Crippen LogP contribution >= 0.6 is 11.3 Å². The monoisotopic (exact) mass is 369 g/mol. The van der Waals surface area contributed by atoms with Gasteiger partial charge in [0, 0.05) is 32.6 Å². The van der Waals surface area contributed by atoms with Crippen LogP contribution in [0, 0.1) is 5.92 Å². The first-order chi connectivity index (χ1) is 12.7. The number of benzene rings is 1. The van der Waals surface area contributed by atoms with Crippen LogP contribution in [-0.2, 0) is 21.0 Å². The van der Waals surface area contributed by atoms with Gasteiger partial charge in [0.05, 0.1) is 19.3 Å². The van der Waals surface area contributed by atoms with Crippen LogP contribution in [0.1, 0.15) is 43.7 Å². The molecule has 2 aliphatic carbocycles. The molecule has 0 radical (unpaired) electrons. The van der Waals surface area contributed by atoms with Crippen LogP contribution in [0.15, 0.2) is 40.9 Å². The van der Waals surface area contributed by atoms with E-state index in [0.717, 1.165) is 21.2 Å². The number of methoxy groups -OCH3 is 1. The molecule has 4 rings (SSSR count). The Morgan fingerprint density at radius 3 is 2.81 bits per heavy atom. The lowest BCUT2D eigenvalue weighted by atomic mass is 10.0. The minimum absolute atomic E-state index is 0.305. The van der Waals surface area contributed by atoms with Crippen molar-refractivity contribution in [1.82, 2.24) is 5.48 Å². The molecule has 1 heterocycles. The molecular weight excluding hydrogens is 346 g/mol. The lowest BCUT2D eigenvalue weighted by Gasteiger charge is -2.11. The smallest absolute Gasteiger partial charge is 0.338 e. The average molecular weight is 369 g/mol. The predicted molar refractivity (Wildman–Crippen MR) is 104 cm³/mol. The molecule has 2 aliphatic rings. The minimum Gasteiger partial charge on any atom is -0.465 e. The van der Waals surface area contributed by atoms with Gasteiger partial charge in [0.15, 0.2) is 0 Å². The van der Waals surface area contributed by atoms with Gasteiger partial charge < -0.3 is 4.74 Å². The molecule has 1 aromatic carbocycles. The van der Waals surface area contributed by atoms with E-state index in [1.54, 1.807) is 11.3 Å². The maximum Gasteiger partial charge on any atom is 0.338 e. The highest BCUT2D eigenvalue weighted by Gasteiger charge is 2.32. The minimum atomic E-state index is -0.305. The number of rotatable bonds is 7.